The molecule has 0 unspecified atom stereocenters. The Hall–Kier alpha value is -2.20. The first-order valence-electron chi connectivity index (χ1n) is 6.58. The van der Waals surface area contributed by atoms with Crippen LogP contribution in [0, 0.1) is 6.92 Å². The molecule has 2 aromatic rings. The maximum atomic E-state index is 5.86. The van der Waals surface area contributed by atoms with Crippen LogP contribution in [0.4, 0.5) is 0 Å². The number of ether oxygens (including phenoxy) is 3. The molecule has 0 saturated carbocycles. The maximum absolute atomic E-state index is 5.86. The summed E-state index contributed by atoms with van der Waals surface area (Å²) in [5.74, 6) is 3.06. The van der Waals surface area contributed by atoms with Crippen molar-refractivity contribution in [2.24, 2.45) is 0 Å². The molecular formula is C16H17NO3. The molecule has 20 heavy (non-hydrogen) atoms. The van der Waals surface area contributed by atoms with Gasteiger partial charge in [-0.1, -0.05) is 6.07 Å². The Morgan fingerprint density at radius 3 is 2.60 bits per heavy atom. The van der Waals surface area contributed by atoms with Gasteiger partial charge in [-0.05, 0) is 49.4 Å². The highest BCUT2D eigenvalue weighted by Crippen LogP contribution is 2.36. The largest absolute Gasteiger partial charge is 0.457 e. The summed E-state index contributed by atoms with van der Waals surface area (Å²) in [6.45, 7) is 3.21. The lowest BCUT2D eigenvalue weighted by atomic mass is 10.1. The first-order valence-corrected chi connectivity index (χ1v) is 6.58. The molecule has 0 radical (unpaired) electrons. The van der Waals surface area contributed by atoms with Crippen LogP contribution in [0.1, 0.15) is 11.1 Å². The zero-order valence-electron chi connectivity index (χ0n) is 11.6. The number of nitrogens with one attached hydrogen (secondary N) is 1. The molecule has 0 atom stereocenters. The van der Waals surface area contributed by atoms with Crippen LogP contribution in [0.25, 0.3) is 0 Å². The summed E-state index contributed by atoms with van der Waals surface area (Å²) in [6.07, 6.45) is 0. The summed E-state index contributed by atoms with van der Waals surface area (Å²) in [4.78, 5) is 0. The van der Waals surface area contributed by atoms with Gasteiger partial charge in [0.1, 0.15) is 11.5 Å². The quantitative estimate of drug-likeness (QED) is 0.926. The topological polar surface area (TPSA) is 39.7 Å². The van der Waals surface area contributed by atoms with Gasteiger partial charge in [0.2, 0.25) is 6.79 Å². The molecule has 2 aromatic carbocycles. The Bertz CT molecular complexity index is 625. The van der Waals surface area contributed by atoms with Crippen molar-refractivity contribution in [3.8, 4) is 23.0 Å². The number of hydrogen-bond acceptors (Lipinski definition) is 4. The molecule has 1 N–H and O–H groups in total. The van der Waals surface area contributed by atoms with Crippen LogP contribution in [-0.4, -0.2) is 13.8 Å². The Labute approximate surface area is 118 Å². The van der Waals surface area contributed by atoms with Gasteiger partial charge in [0.15, 0.2) is 11.5 Å². The third-order valence-electron chi connectivity index (χ3n) is 3.26. The van der Waals surface area contributed by atoms with Crippen molar-refractivity contribution in [1.29, 1.82) is 0 Å². The lowest BCUT2D eigenvalue weighted by Crippen LogP contribution is -2.06. The van der Waals surface area contributed by atoms with E-state index in [1.807, 2.05) is 37.4 Å². The zero-order chi connectivity index (χ0) is 13.9. The van der Waals surface area contributed by atoms with Gasteiger partial charge in [0, 0.05) is 12.6 Å². The molecule has 4 nitrogen and oxygen atoms in total. The monoisotopic (exact) mass is 271 g/mol. The van der Waals surface area contributed by atoms with Gasteiger partial charge >= 0.3 is 0 Å². The van der Waals surface area contributed by atoms with Crippen LogP contribution >= 0.6 is 0 Å². The fourth-order valence-corrected chi connectivity index (χ4v) is 2.20. The van der Waals surface area contributed by atoms with Gasteiger partial charge in [0.05, 0.1) is 0 Å². The van der Waals surface area contributed by atoms with E-state index >= 15 is 0 Å². The van der Waals surface area contributed by atoms with Crippen LogP contribution in [0.15, 0.2) is 36.4 Å². The SMILES string of the molecule is CNCc1ccc(Oc2ccc3c(c2)OCO3)cc1C. The molecule has 0 bridgehead atoms. The lowest BCUT2D eigenvalue weighted by molar-refractivity contribution is 0.174. The molecule has 0 fully saturated rings. The van der Waals surface area contributed by atoms with Crippen molar-refractivity contribution in [3.05, 3.63) is 47.5 Å². The Morgan fingerprint density at radius 1 is 1.05 bits per heavy atom. The summed E-state index contributed by atoms with van der Waals surface area (Å²) in [5, 5.41) is 3.15. The van der Waals surface area contributed by atoms with Crippen molar-refractivity contribution in [1.82, 2.24) is 5.32 Å². The van der Waals surface area contributed by atoms with Gasteiger partial charge < -0.3 is 19.5 Å². The summed E-state index contributed by atoms with van der Waals surface area (Å²) in [5.41, 5.74) is 2.48. The van der Waals surface area contributed by atoms with Crippen LogP contribution in [-0.2, 0) is 6.54 Å². The number of fused-ring (bicyclic) bond motifs is 1. The summed E-state index contributed by atoms with van der Waals surface area (Å²) in [7, 11) is 1.94. The zero-order valence-corrected chi connectivity index (χ0v) is 11.6. The molecule has 0 saturated heterocycles. The highest BCUT2D eigenvalue weighted by molar-refractivity contribution is 5.48. The van der Waals surface area contributed by atoms with E-state index in [9.17, 15) is 0 Å². The van der Waals surface area contributed by atoms with Crippen molar-refractivity contribution in [2.45, 2.75) is 13.5 Å². The van der Waals surface area contributed by atoms with Crippen molar-refractivity contribution < 1.29 is 14.2 Å². The normalized spacial score (nSPS) is 12.5. The molecule has 0 aliphatic carbocycles. The summed E-state index contributed by atoms with van der Waals surface area (Å²) < 4.78 is 16.5. The predicted molar refractivity (Wildman–Crippen MR) is 76.6 cm³/mol. The van der Waals surface area contributed by atoms with Gasteiger partial charge in [-0.25, -0.2) is 0 Å². The highest BCUT2D eigenvalue weighted by atomic mass is 16.7. The average Bonchev–Trinajstić information content (AvgIpc) is 2.89. The van der Waals surface area contributed by atoms with E-state index in [4.69, 9.17) is 14.2 Å². The van der Waals surface area contributed by atoms with E-state index < -0.39 is 0 Å². The molecule has 0 aromatic heterocycles. The number of benzene rings is 2. The van der Waals surface area contributed by atoms with Crippen LogP contribution in [0.5, 0.6) is 23.0 Å². The van der Waals surface area contributed by atoms with Crippen LogP contribution < -0.4 is 19.5 Å². The van der Waals surface area contributed by atoms with Gasteiger partial charge in [-0.2, -0.15) is 0 Å². The molecule has 3 rings (SSSR count). The van der Waals surface area contributed by atoms with E-state index in [1.165, 1.54) is 11.1 Å². The fourth-order valence-electron chi connectivity index (χ4n) is 2.20. The minimum atomic E-state index is 0.274. The summed E-state index contributed by atoms with van der Waals surface area (Å²) in [6, 6.07) is 11.7. The first kappa shape index (κ1) is 12.8. The van der Waals surface area contributed by atoms with Gasteiger partial charge in [-0.15, -0.1) is 0 Å². The Morgan fingerprint density at radius 2 is 1.80 bits per heavy atom. The van der Waals surface area contributed by atoms with Crippen LogP contribution in [0.2, 0.25) is 0 Å². The average molecular weight is 271 g/mol. The minimum Gasteiger partial charge on any atom is -0.457 e. The Kier molecular flexibility index (Phi) is 3.48. The van der Waals surface area contributed by atoms with E-state index in [0.717, 1.165) is 29.5 Å². The number of aryl methyl sites for hydroxylation is 1. The van der Waals surface area contributed by atoms with Crippen molar-refractivity contribution in [3.63, 3.8) is 0 Å². The second-order valence-corrected chi connectivity index (χ2v) is 4.74. The molecule has 0 spiro atoms. The van der Waals surface area contributed by atoms with E-state index in [1.54, 1.807) is 0 Å². The molecule has 0 amide bonds. The lowest BCUT2D eigenvalue weighted by Gasteiger charge is -2.10. The smallest absolute Gasteiger partial charge is 0.231 e. The third kappa shape index (κ3) is 2.56. The highest BCUT2D eigenvalue weighted by Gasteiger charge is 2.14. The molecule has 4 heteroatoms. The standard InChI is InChI=1S/C16H17NO3/c1-11-7-13(4-3-12(11)9-17-2)20-14-5-6-15-16(8-14)19-10-18-15/h3-8,17H,9-10H2,1-2H3. The molecule has 104 valence electrons. The molecule has 1 aliphatic heterocycles. The third-order valence-corrected chi connectivity index (χ3v) is 3.26. The number of hydrogen-bond donors (Lipinski definition) is 1. The Balaban J connectivity index is 1.79. The summed E-state index contributed by atoms with van der Waals surface area (Å²) >= 11 is 0. The maximum Gasteiger partial charge on any atom is 0.231 e. The van der Waals surface area contributed by atoms with E-state index in [2.05, 4.69) is 18.3 Å². The number of rotatable bonds is 4. The predicted octanol–water partition coefficient (Wildman–Crippen LogP) is 3.24. The molecule has 1 heterocycles. The first-order chi connectivity index (χ1) is 9.76. The fraction of sp³-hybridized carbons (Fsp3) is 0.250. The van der Waals surface area contributed by atoms with Crippen molar-refractivity contribution in [2.75, 3.05) is 13.8 Å². The van der Waals surface area contributed by atoms with E-state index in [-0.39, 0.29) is 6.79 Å². The van der Waals surface area contributed by atoms with E-state index in [0.29, 0.717) is 0 Å². The van der Waals surface area contributed by atoms with Crippen molar-refractivity contribution >= 4 is 0 Å². The molecular weight excluding hydrogens is 254 g/mol. The minimum absolute atomic E-state index is 0.274. The molecule has 1 aliphatic rings. The second kappa shape index (κ2) is 5.43. The van der Waals surface area contributed by atoms with Gasteiger partial charge in [-0.3, -0.25) is 0 Å². The van der Waals surface area contributed by atoms with Crippen LogP contribution in [0.3, 0.4) is 0 Å². The second-order valence-electron chi connectivity index (χ2n) is 4.74. The van der Waals surface area contributed by atoms with Gasteiger partial charge in [0.25, 0.3) is 0 Å².